The molecule has 0 amide bonds. The van der Waals surface area contributed by atoms with E-state index in [-0.39, 0.29) is 31.1 Å². The molecule has 0 saturated heterocycles. The minimum atomic E-state index is -0.662. The molecular weight excluding hydrogens is 212 g/mol. The van der Waals surface area contributed by atoms with Crippen molar-refractivity contribution in [1.82, 2.24) is 0 Å². The average molecular weight is 224 g/mol. The van der Waals surface area contributed by atoms with Gasteiger partial charge < -0.3 is 10.8 Å². The predicted molar refractivity (Wildman–Crippen MR) is 52.5 cm³/mol. The van der Waals surface area contributed by atoms with Crippen LogP contribution in [0.1, 0.15) is 11.5 Å². The van der Waals surface area contributed by atoms with Crippen LogP contribution in [0.3, 0.4) is 0 Å². The van der Waals surface area contributed by atoms with Gasteiger partial charge in [-0.25, -0.2) is 8.78 Å². The van der Waals surface area contributed by atoms with Gasteiger partial charge in [0.1, 0.15) is 11.6 Å². The van der Waals surface area contributed by atoms with E-state index in [1.54, 1.807) is 0 Å². The number of hydrogen-bond acceptors (Lipinski definition) is 2. The summed E-state index contributed by atoms with van der Waals surface area (Å²) in [4.78, 5) is 0. The zero-order valence-electron chi connectivity index (χ0n) is 7.41. The molecule has 1 aromatic rings. The number of hydrogen-bond donors (Lipinski definition) is 2. The van der Waals surface area contributed by atoms with Crippen LogP contribution in [-0.4, -0.2) is 18.3 Å². The third-order valence-corrected chi connectivity index (χ3v) is 1.91. The molecule has 0 spiro atoms. The first-order chi connectivity index (χ1) is 6.19. The molecule has 0 fully saturated rings. The van der Waals surface area contributed by atoms with Crippen LogP contribution in [0.5, 0.6) is 0 Å². The topological polar surface area (TPSA) is 46.2 Å². The SMILES string of the molecule is Cl.NCC(CO)c1ccc(F)cc1F. The summed E-state index contributed by atoms with van der Waals surface area (Å²) in [6.45, 7) is -0.0991. The van der Waals surface area contributed by atoms with Gasteiger partial charge in [0.2, 0.25) is 0 Å². The maximum Gasteiger partial charge on any atom is 0.129 e. The zero-order chi connectivity index (χ0) is 9.84. The van der Waals surface area contributed by atoms with Crippen molar-refractivity contribution in [3.05, 3.63) is 35.4 Å². The van der Waals surface area contributed by atoms with Gasteiger partial charge in [-0.3, -0.25) is 0 Å². The van der Waals surface area contributed by atoms with E-state index in [9.17, 15) is 8.78 Å². The highest BCUT2D eigenvalue weighted by Crippen LogP contribution is 2.18. The van der Waals surface area contributed by atoms with Crippen LogP contribution in [0.25, 0.3) is 0 Å². The van der Waals surface area contributed by atoms with Crippen molar-refractivity contribution in [2.24, 2.45) is 5.73 Å². The Morgan fingerprint density at radius 1 is 1.36 bits per heavy atom. The summed E-state index contributed by atoms with van der Waals surface area (Å²) in [5.74, 6) is -1.75. The van der Waals surface area contributed by atoms with Crippen molar-refractivity contribution >= 4 is 12.4 Å². The first-order valence-electron chi connectivity index (χ1n) is 3.95. The normalized spacial score (nSPS) is 12.0. The van der Waals surface area contributed by atoms with Crippen LogP contribution in [0.15, 0.2) is 18.2 Å². The largest absolute Gasteiger partial charge is 0.396 e. The highest BCUT2D eigenvalue weighted by Gasteiger charge is 2.13. The Kier molecular flexibility index (Phi) is 5.60. The summed E-state index contributed by atoms with van der Waals surface area (Å²) in [5.41, 5.74) is 5.56. The summed E-state index contributed by atoms with van der Waals surface area (Å²) >= 11 is 0. The smallest absolute Gasteiger partial charge is 0.129 e. The molecule has 0 radical (unpaired) electrons. The second-order valence-corrected chi connectivity index (χ2v) is 2.78. The van der Waals surface area contributed by atoms with Gasteiger partial charge in [0, 0.05) is 18.5 Å². The lowest BCUT2D eigenvalue weighted by molar-refractivity contribution is 0.265. The number of nitrogens with two attached hydrogens (primary N) is 1. The third kappa shape index (κ3) is 2.90. The van der Waals surface area contributed by atoms with Gasteiger partial charge >= 0.3 is 0 Å². The molecule has 0 aliphatic rings. The molecule has 1 aromatic carbocycles. The predicted octanol–water partition coefficient (Wildman–Crippen LogP) is 1.42. The van der Waals surface area contributed by atoms with E-state index in [2.05, 4.69) is 0 Å². The fraction of sp³-hybridized carbons (Fsp3) is 0.333. The van der Waals surface area contributed by atoms with Gasteiger partial charge in [-0.05, 0) is 11.6 Å². The Labute approximate surface area is 87.1 Å². The van der Waals surface area contributed by atoms with E-state index < -0.39 is 17.6 Å². The second-order valence-electron chi connectivity index (χ2n) is 2.78. The maximum absolute atomic E-state index is 13.1. The highest BCUT2D eigenvalue weighted by atomic mass is 35.5. The van der Waals surface area contributed by atoms with Crippen LogP contribution in [0.4, 0.5) is 8.78 Å². The molecule has 80 valence electrons. The van der Waals surface area contributed by atoms with Crippen molar-refractivity contribution in [3.63, 3.8) is 0 Å². The molecule has 1 rings (SSSR count). The molecule has 0 aliphatic heterocycles. The maximum atomic E-state index is 13.1. The van der Waals surface area contributed by atoms with E-state index >= 15 is 0 Å². The highest BCUT2D eigenvalue weighted by molar-refractivity contribution is 5.85. The average Bonchev–Trinajstić information content (AvgIpc) is 2.10. The number of benzene rings is 1. The summed E-state index contributed by atoms with van der Waals surface area (Å²) in [5, 5.41) is 8.83. The number of halogens is 3. The third-order valence-electron chi connectivity index (χ3n) is 1.91. The van der Waals surface area contributed by atoms with E-state index in [0.717, 1.165) is 12.1 Å². The van der Waals surface area contributed by atoms with Crippen molar-refractivity contribution in [2.75, 3.05) is 13.2 Å². The fourth-order valence-corrected chi connectivity index (χ4v) is 1.13. The monoisotopic (exact) mass is 223 g/mol. The Morgan fingerprint density at radius 2 is 2.00 bits per heavy atom. The molecule has 2 nitrogen and oxygen atoms in total. The van der Waals surface area contributed by atoms with Gasteiger partial charge in [0.25, 0.3) is 0 Å². The van der Waals surface area contributed by atoms with E-state index in [4.69, 9.17) is 10.8 Å². The Bertz CT molecular complexity index is 292. The lowest BCUT2D eigenvalue weighted by Crippen LogP contribution is -2.17. The molecular formula is C9H12ClF2NO. The van der Waals surface area contributed by atoms with E-state index in [0.29, 0.717) is 0 Å². The molecule has 0 aromatic heterocycles. The summed E-state index contributed by atoms with van der Waals surface area (Å²) in [6.07, 6.45) is 0. The summed E-state index contributed by atoms with van der Waals surface area (Å²) in [7, 11) is 0. The molecule has 14 heavy (non-hydrogen) atoms. The Hall–Kier alpha value is -0.710. The summed E-state index contributed by atoms with van der Waals surface area (Å²) < 4.78 is 25.6. The van der Waals surface area contributed by atoms with Gasteiger partial charge in [0.05, 0.1) is 6.61 Å². The minimum absolute atomic E-state index is 0. The fourth-order valence-electron chi connectivity index (χ4n) is 1.13. The molecule has 3 N–H and O–H groups in total. The first-order valence-corrected chi connectivity index (χ1v) is 3.95. The van der Waals surface area contributed by atoms with E-state index in [1.165, 1.54) is 6.07 Å². The molecule has 1 unspecified atom stereocenters. The van der Waals surface area contributed by atoms with Crippen LogP contribution in [0, 0.1) is 11.6 Å². The van der Waals surface area contributed by atoms with Crippen LogP contribution in [0.2, 0.25) is 0 Å². The molecule has 0 heterocycles. The van der Waals surface area contributed by atoms with Crippen molar-refractivity contribution < 1.29 is 13.9 Å². The molecule has 0 aliphatic carbocycles. The van der Waals surface area contributed by atoms with Gasteiger partial charge in [-0.1, -0.05) is 6.07 Å². The standard InChI is InChI=1S/C9H11F2NO.ClH/c10-7-1-2-8(9(11)3-7)6(4-12)5-13;/h1-3,6,13H,4-5,12H2;1H. The van der Waals surface area contributed by atoms with Crippen molar-refractivity contribution in [2.45, 2.75) is 5.92 Å². The number of rotatable bonds is 3. The lowest BCUT2D eigenvalue weighted by Gasteiger charge is -2.12. The van der Waals surface area contributed by atoms with Gasteiger partial charge in [-0.2, -0.15) is 0 Å². The van der Waals surface area contributed by atoms with Crippen LogP contribution >= 0.6 is 12.4 Å². The molecule has 0 saturated carbocycles. The van der Waals surface area contributed by atoms with Gasteiger partial charge in [-0.15, -0.1) is 12.4 Å². The van der Waals surface area contributed by atoms with Gasteiger partial charge in [0.15, 0.2) is 0 Å². The first kappa shape index (κ1) is 13.3. The quantitative estimate of drug-likeness (QED) is 0.814. The second kappa shape index (κ2) is 5.90. The molecule has 5 heteroatoms. The summed E-state index contributed by atoms with van der Waals surface area (Å²) in [6, 6.07) is 3.24. The van der Waals surface area contributed by atoms with Crippen LogP contribution < -0.4 is 5.73 Å². The minimum Gasteiger partial charge on any atom is -0.396 e. The number of aliphatic hydroxyl groups is 1. The zero-order valence-corrected chi connectivity index (χ0v) is 8.23. The Balaban J connectivity index is 0.00000169. The number of aliphatic hydroxyl groups excluding tert-OH is 1. The van der Waals surface area contributed by atoms with Crippen molar-refractivity contribution in [1.29, 1.82) is 0 Å². The molecule has 1 atom stereocenters. The lowest BCUT2D eigenvalue weighted by atomic mass is 10.00. The van der Waals surface area contributed by atoms with Crippen LogP contribution in [-0.2, 0) is 0 Å². The van der Waals surface area contributed by atoms with Crippen molar-refractivity contribution in [3.8, 4) is 0 Å². The van der Waals surface area contributed by atoms with E-state index in [1.807, 2.05) is 0 Å². The molecule has 0 bridgehead atoms. The Morgan fingerprint density at radius 3 is 2.43 bits per heavy atom.